The molecule has 1 atom stereocenters. The third kappa shape index (κ3) is 2.30. The van der Waals surface area contributed by atoms with Crippen LogP contribution in [-0.2, 0) is 4.79 Å². The Morgan fingerprint density at radius 1 is 1.47 bits per heavy atom. The molecule has 0 bridgehead atoms. The van der Waals surface area contributed by atoms with Gasteiger partial charge in [0.1, 0.15) is 5.65 Å². The van der Waals surface area contributed by atoms with Gasteiger partial charge in [0.25, 0.3) is 0 Å². The summed E-state index contributed by atoms with van der Waals surface area (Å²) in [5.41, 5.74) is 1.83. The van der Waals surface area contributed by atoms with E-state index in [1.165, 1.54) is 0 Å². The zero-order valence-corrected chi connectivity index (χ0v) is 10.00. The molecule has 17 heavy (non-hydrogen) atoms. The predicted molar refractivity (Wildman–Crippen MR) is 65.0 cm³/mol. The summed E-state index contributed by atoms with van der Waals surface area (Å²) in [5.74, 6) is -0.509. The number of pyridine rings is 1. The van der Waals surface area contributed by atoms with Crippen molar-refractivity contribution in [2.75, 3.05) is 0 Å². The summed E-state index contributed by atoms with van der Waals surface area (Å²) in [6.07, 6.45) is 3.85. The molecule has 0 aliphatic rings. The highest BCUT2D eigenvalue weighted by molar-refractivity contribution is 5.68. The zero-order chi connectivity index (χ0) is 12.4. The molecule has 0 fully saturated rings. The van der Waals surface area contributed by atoms with E-state index in [0.29, 0.717) is 0 Å². The Bertz CT molecular complexity index is 531. The summed E-state index contributed by atoms with van der Waals surface area (Å²) in [6.45, 7) is 4.08. The first-order chi connectivity index (χ1) is 8.09. The summed E-state index contributed by atoms with van der Waals surface area (Å²) < 4.78 is 1.97. The second-order valence-corrected chi connectivity index (χ2v) is 4.56. The molecule has 1 N–H and O–H groups in total. The van der Waals surface area contributed by atoms with Gasteiger partial charge in [-0.1, -0.05) is 19.9 Å². The van der Waals surface area contributed by atoms with Gasteiger partial charge in [0, 0.05) is 24.0 Å². The number of rotatable bonds is 4. The lowest BCUT2D eigenvalue weighted by Crippen LogP contribution is -2.14. The highest BCUT2D eigenvalue weighted by atomic mass is 16.4. The van der Waals surface area contributed by atoms with Gasteiger partial charge in [0.05, 0.1) is 6.42 Å². The Balaban J connectivity index is 2.45. The van der Waals surface area contributed by atoms with Crippen LogP contribution < -0.4 is 0 Å². The van der Waals surface area contributed by atoms with Crippen molar-refractivity contribution in [2.24, 2.45) is 5.92 Å². The van der Waals surface area contributed by atoms with Crippen molar-refractivity contribution in [2.45, 2.75) is 26.2 Å². The van der Waals surface area contributed by atoms with Crippen LogP contribution >= 0.6 is 0 Å². The molecule has 0 radical (unpaired) electrons. The minimum atomic E-state index is -0.769. The van der Waals surface area contributed by atoms with Crippen LogP contribution in [0, 0.1) is 5.92 Å². The van der Waals surface area contributed by atoms with E-state index < -0.39 is 5.97 Å². The Kier molecular flexibility index (Phi) is 3.13. The van der Waals surface area contributed by atoms with Gasteiger partial charge in [0.15, 0.2) is 0 Å². The van der Waals surface area contributed by atoms with Gasteiger partial charge >= 0.3 is 5.97 Å². The van der Waals surface area contributed by atoms with E-state index in [1.54, 1.807) is 6.20 Å². The Morgan fingerprint density at radius 2 is 2.24 bits per heavy atom. The normalized spacial score (nSPS) is 13.1. The van der Waals surface area contributed by atoms with E-state index in [0.717, 1.165) is 11.3 Å². The van der Waals surface area contributed by atoms with Crippen molar-refractivity contribution in [3.8, 4) is 0 Å². The molecular formula is C13H16N2O2. The van der Waals surface area contributed by atoms with Crippen LogP contribution in [0.15, 0.2) is 30.6 Å². The second kappa shape index (κ2) is 4.57. The number of imidazole rings is 1. The summed E-state index contributed by atoms with van der Waals surface area (Å²) in [7, 11) is 0. The van der Waals surface area contributed by atoms with E-state index >= 15 is 0 Å². The first-order valence-corrected chi connectivity index (χ1v) is 5.73. The Hall–Kier alpha value is -1.84. The topological polar surface area (TPSA) is 54.6 Å². The van der Waals surface area contributed by atoms with Gasteiger partial charge in [0.2, 0.25) is 0 Å². The fourth-order valence-electron chi connectivity index (χ4n) is 2.10. The van der Waals surface area contributed by atoms with Crippen molar-refractivity contribution in [3.05, 3.63) is 36.3 Å². The highest BCUT2D eigenvalue weighted by Gasteiger charge is 2.22. The van der Waals surface area contributed by atoms with Gasteiger partial charge < -0.3 is 9.51 Å². The van der Waals surface area contributed by atoms with E-state index in [2.05, 4.69) is 4.98 Å². The number of aromatic nitrogens is 2. The van der Waals surface area contributed by atoms with E-state index in [1.807, 2.05) is 42.6 Å². The molecule has 0 aliphatic carbocycles. The number of hydrogen-bond donors (Lipinski definition) is 1. The standard InChI is InChI=1S/C13H16N2O2/c1-9(2)10(7-13(16)17)11-8-14-12-5-3-4-6-15(11)12/h3-6,8-10H,7H2,1-2H3,(H,16,17)/t10-/m1/s1. The number of carbonyl (C=O) groups is 1. The van der Waals surface area contributed by atoms with Gasteiger partial charge in [-0.2, -0.15) is 0 Å². The van der Waals surface area contributed by atoms with Crippen molar-refractivity contribution in [1.82, 2.24) is 9.38 Å². The third-order valence-corrected chi connectivity index (χ3v) is 3.02. The van der Waals surface area contributed by atoms with E-state index in [-0.39, 0.29) is 18.3 Å². The lowest BCUT2D eigenvalue weighted by molar-refractivity contribution is -0.137. The van der Waals surface area contributed by atoms with Crippen LogP contribution in [0.4, 0.5) is 0 Å². The number of carboxylic acids is 1. The molecule has 0 amide bonds. The molecule has 4 heteroatoms. The maximum atomic E-state index is 10.9. The molecule has 2 aromatic heterocycles. The Morgan fingerprint density at radius 3 is 2.88 bits per heavy atom. The monoisotopic (exact) mass is 232 g/mol. The number of hydrogen-bond acceptors (Lipinski definition) is 2. The number of aliphatic carboxylic acids is 1. The van der Waals surface area contributed by atoms with Crippen molar-refractivity contribution in [3.63, 3.8) is 0 Å². The van der Waals surface area contributed by atoms with Gasteiger partial charge in [-0.05, 0) is 18.1 Å². The number of fused-ring (bicyclic) bond motifs is 1. The third-order valence-electron chi connectivity index (χ3n) is 3.02. The van der Waals surface area contributed by atoms with Crippen LogP contribution in [0.25, 0.3) is 5.65 Å². The molecule has 0 saturated carbocycles. The van der Waals surface area contributed by atoms with E-state index in [9.17, 15) is 4.79 Å². The van der Waals surface area contributed by atoms with Crippen LogP contribution in [0.1, 0.15) is 31.9 Å². The van der Waals surface area contributed by atoms with Crippen molar-refractivity contribution < 1.29 is 9.90 Å². The fraction of sp³-hybridized carbons (Fsp3) is 0.385. The van der Waals surface area contributed by atoms with Crippen molar-refractivity contribution >= 4 is 11.6 Å². The molecule has 0 aliphatic heterocycles. The maximum Gasteiger partial charge on any atom is 0.304 e. The molecule has 4 nitrogen and oxygen atoms in total. The zero-order valence-electron chi connectivity index (χ0n) is 10.00. The molecule has 2 aromatic rings. The highest BCUT2D eigenvalue weighted by Crippen LogP contribution is 2.28. The fourth-order valence-corrected chi connectivity index (χ4v) is 2.10. The molecule has 2 rings (SSSR count). The van der Waals surface area contributed by atoms with Gasteiger partial charge in [-0.15, -0.1) is 0 Å². The number of carboxylic acid groups (broad SMARTS) is 1. The molecule has 2 heterocycles. The average Bonchev–Trinajstić information content (AvgIpc) is 2.69. The predicted octanol–water partition coefficient (Wildman–Crippen LogP) is 2.55. The van der Waals surface area contributed by atoms with E-state index in [4.69, 9.17) is 5.11 Å². The smallest absolute Gasteiger partial charge is 0.304 e. The molecule has 0 aromatic carbocycles. The quantitative estimate of drug-likeness (QED) is 0.881. The molecular weight excluding hydrogens is 216 g/mol. The first kappa shape index (κ1) is 11.6. The van der Waals surface area contributed by atoms with Crippen LogP contribution in [0.5, 0.6) is 0 Å². The largest absolute Gasteiger partial charge is 0.481 e. The SMILES string of the molecule is CC(C)[C@@H](CC(=O)O)c1cnc2ccccn12. The number of nitrogens with zero attached hydrogens (tertiary/aromatic N) is 2. The summed E-state index contributed by atoms with van der Waals surface area (Å²) >= 11 is 0. The van der Waals surface area contributed by atoms with Crippen LogP contribution in [0.2, 0.25) is 0 Å². The lowest BCUT2D eigenvalue weighted by atomic mass is 9.90. The van der Waals surface area contributed by atoms with Crippen LogP contribution in [-0.4, -0.2) is 20.5 Å². The maximum absolute atomic E-state index is 10.9. The van der Waals surface area contributed by atoms with Crippen LogP contribution in [0.3, 0.4) is 0 Å². The molecule has 0 spiro atoms. The first-order valence-electron chi connectivity index (χ1n) is 5.73. The molecule has 0 unspecified atom stereocenters. The summed E-state index contributed by atoms with van der Waals surface area (Å²) in [5, 5.41) is 8.97. The van der Waals surface area contributed by atoms with Gasteiger partial charge in [-0.3, -0.25) is 4.79 Å². The lowest BCUT2D eigenvalue weighted by Gasteiger charge is -2.18. The van der Waals surface area contributed by atoms with Gasteiger partial charge in [-0.25, -0.2) is 4.98 Å². The average molecular weight is 232 g/mol. The molecule has 0 saturated heterocycles. The minimum absolute atomic E-state index is 0.00935. The minimum Gasteiger partial charge on any atom is -0.481 e. The van der Waals surface area contributed by atoms with Crippen molar-refractivity contribution in [1.29, 1.82) is 0 Å². The summed E-state index contributed by atoms with van der Waals surface area (Å²) in [4.78, 5) is 15.2. The molecule has 90 valence electrons. The second-order valence-electron chi connectivity index (χ2n) is 4.56. The Labute approximate surface area is 99.9 Å². The summed E-state index contributed by atoms with van der Waals surface area (Å²) in [6, 6.07) is 5.77.